The zero-order valence-corrected chi connectivity index (χ0v) is 7.48. The van der Waals surface area contributed by atoms with E-state index in [1.807, 2.05) is 6.07 Å². The summed E-state index contributed by atoms with van der Waals surface area (Å²) in [6.45, 7) is 0. The molecule has 1 N–H and O–H groups in total. The second-order valence-electron chi connectivity index (χ2n) is 2.51. The van der Waals surface area contributed by atoms with Gasteiger partial charge >= 0.3 is 7.82 Å². The van der Waals surface area contributed by atoms with Crippen LogP contribution in [-0.4, -0.2) is 4.89 Å². The Morgan fingerprint density at radius 1 is 1.23 bits per heavy atom. The Kier molecular flexibility index (Phi) is 1.87. The van der Waals surface area contributed by atoms with Crippen molar-refractivity contribution in [1.82, 2.24) is 0 Å². The van der Waals surface area contributed by atoms with Crippen molar-refractivity contribution in [2.75, 3.05) is 0 Å². The maximum Gasteiger partial charge on any atom is 0.584 e. The molecule has 0 amide bonds. The lowest BCUT2D eigenvalue weighted by atomic mass is 10.2. The first-order chi connectivity index (χ1) is 6.17. The van der Waals surface area contributed by atoms with Gasteiger partial charge in [0.2, 0.25) is 0 Å². The third kappa shape index (κ3) is 1.74. The summed E-state index contributed by atoms with van der Waals surface area (Å²) in [5.74, 6) is 0.284. The van der Waals surface area contributed by atoms with Crippen molar-refractivity contribution in [3.63, 3.8) is 0 Å². The molecule has 1 aliphatic rings. The number of hydrogen-bond donors (Lipinski definition) is 1. The standard InChI is InChI=1S/C8H7O4P/c9-13(10)11-6-8(12-13)7-4-2-1-3-5-7/h1-6H,(H,9,10). The summed E-state index contributed by atoms with van der Waals surface area (Å²) in [6.07, 6.45) is 1.15. The number of phosphoric acid groups is 1. The van der Waals surface area contributed by atoms with E-state index in [0.717, 1.165) is 6.26 Å². The van der Waals surface area contributed by atoms with Crippen molar-refractivity contribution < 1.29 is 18.5 Å². The molecule has 1 unspecified atom stereocenters. The molecule has 13 heavy (non-hydrogen) atoms. The smallest absolute Gasteiger partial charge is 0.399 e. The van der Waals surface area contributed by atoms with Gasteiger partial charge in [-0.15, -0.1) is 0 Å². The van der Waals surface area contributed by atoms with E-state index >= 15 is 0 Å². The maximum absolute atomic E-state index is 10.9. The van der Waals surface area contributed by atoms with Crippen LogP contribution in [0.25, 0.3) is 5.76 Å². The summed E-state index contributed by atoms with van der Waals surface area (Å²) in [4.78, 5) is 8.89. The van der Waals surface area contributed by atoms with Gasteiger partial charge in [0, 0.05) is 5.56 Å². The molecule has 1 atom stereocenters. The third-order valence-corrected chi connectivity index (χ3v) is 2.36. The fourth-order valence-corrected chi connectivity index (χ4v) is 1.67. The van der Waals surface area contributed by atoms with Crippen molar-refractivity contribution >= 4 is 13.6 Å². The average Bonchev–Trinajstić information content (AvgIpc) is 2.48. The molecule has 68 valence electrons. The van der Waals surface area contributed by atoms with Gasteiger partial charge in [-0.3, -0.25) is 4.89 Å². The molecule has 0 bridgehead atoms. The molecule has 0 aliphatic carbocycles. The van der Waals surface area contributed by atoms with E-state index in [4.69, 9.17) is 4.89 Å². The molecule has 0 saturated heterocycles. The SMILES string of the molecule is O=P1(O)OC=C(c2ccccc2)O1. The van der Waals surface area contributed by atoms with Crippen molar-refractivity contribution in [1.29, 1.82) is 0 Å². The molecule has 0 saturated carbocycles. The van der Waals surface area contributed by atoms with E-state index in [1.54, 1.807) is 24.3 Å². The van der Waals surface area contributed by atoms with E-state index in [9.17, 15) is 4.57 Å². The minimum atomic E-state index is -3.86. The second-order valence-corrected chi connectivity index (χ2v) is 3.84. The lowest BCUT2D eigenvalue weighted by Gasteiger charge is -2.02. The first-order valence-corrected chi connectivity index (χ1v) is 5.13. The highest BCUT2D eigenvalue weighted by Crippen LogP contribution is 2.53. The van der Waals surface area contributed by atoms with Crippen LogP contribution in [0.4, 0.5) is 0 Å². The molecule has 0 radical (unpaired) electrons. The molecule has 2 rings (SSSR count). The zero-order valence-electron chi connectivity index (χ0n) is 6.58. The van der Waals surface area contributed by atoms with E-state index in [0.29, 0.717) is 5.56 Å². The number of phosphoric ester groups is 1. The van der Waals surface area contributed by atoms with Gasteiger partial charge in [0.05, 0.1) is 0 Å². The molecule has 5 heteroatoms. The van der Waals surface area contributed by atoms with Crippen LogP contribution in [0.1, 0.15) is 5.56 Å². The normalized spacial score (nSPS) is 26.1. The fraction of sp³-hybridized carbons (Fsp3) is 0. The van der Waals surface area contributed by atoms with Gasteiger partial charge in [0.1, 0.15) is 6.26 Å². The predicted molar refractivity (Wildman–Crippen MR) is 46.4 cm³/mol. The van der Waals surface area contributed by atoms with Gasteiger partial charge in [-0.2, -0.15) is 0 Å². The highest BCUT2D eigenvalue weighted by molar-refractivity contribution is 7.48. The number of rotatable bonds is 1. The van der Waals surface area contributed by atoms with Gasteiger partial charge in [-0.1, -0.05) is 30.3 Å². The molecule has 1 aromatic carbocycles. The summed E-state index contributed by atoms with van der Waals surface area (Å²) in [5.41, 5.74) is 0.717. The van der Waals surface area contributed by atoms with Crippen LogP contribution in [0.5, 0.6) is 0 Å². The Morgan fingerprint density at radius 2 is 1.92 bits per heavy atom. The molecule has 1 heterocycles. The summed E-state index contributed by atoms with van der Waals surface area (Å²) in [7, 11) is -3.86. The van der Waals surface area contributed by atoms with Crippen LogP contribution in [-0.2, 0) is 13.6 Å². The van der Waals surface area contributed by atoms with Gasteiger partial charge in [-0.05, 0) is 0 Å². The molecule has 0 fully saturated rings. The molecular formula is C8H7O4P. The van der Waals surface area contributed by atoms with Crippen LogP contribution in [0.15, 0.2) is 36.6 Å². The zero-order chi connectivity index (χ0) is 9.31. The summed E-state index contributed by atoms with van der Waals surface area (Å²) in [6, 6.07) is 8.99. The van der Waals surface area contributed by atoms with Crippen LogP contribution in [0, 0.1) is 0 Å². The van der Waals surface area contributed by atoms with Crippen LogP contribution < -0.4 is 0 Å². The Hall–Kier alpha value is -1.25. The average molecular weight is 198 g/mol. The van der Waals surface area contributed by atoms with Crippen LogP contribution >= 0.6 is 7.82 Å². The predicted octanol–water partition coefficient (Wildman–Crippen LogP) is 2.13. The number of benzene rings is 1. The Balaban J connectivity index is 2.27. The molecule has 0 spiro atoms. The van der Waals surface area contributed by atoms with E-state index in [-0.39, 0.29) is 5.76 Å². The highest BCUT2D eigenvalue weighted by Gasteiger charge is 2.31. The third-order valence-electron chi connectivity index (χ3n) is 1.56. The minimum absolute atomic E-state index is 0.284. The number of hydrogen-bond acceptors (Lipinski definition) is 3. The quantitative estimate of drug-likeness (QED) is 0.702. The Morgan fingerprint density at radius 3 is 2.46 bits per heavy atom. The van der Waals surface area contributed by atoms with Gasteiger partial charge in [0.15, 0.2) is 5.76 Å². The minimum Gasteiger partial charge on any atom is -0.399 e. The maximum atomic E-state index is 10.9. The Labute approximate surface area is 75.0 Å². The largest absolute Gasteiger partial charge is 0.584 e. The summed E-state index contributed by atoms with van der Waals surface area (Å²) >= 11 is 0. The fourth-order valence-electron chi connectivity index (χ4n) is 1.00. The van der Waals surface area contributed by atoms with Crippen LogP contribution in [0.2, 0.25) is 0 Å². The lowest BCUT2D eigenvalue weighted by Crippen LogP contribution is -1.82. The van der Waals surface area contributed by atoms with Gasteiger partial charge in [-0.25, -0.2) is 4.57 Å². The molecule has 1 aromatic rings. The van der Waals surface area contributed by atoms with E-state index < -0.39 is 7.82 Å². The van der Waals surface area contributed by atoms with E-state index in [2.05, 4.69) is 9.05 Å². The monoisotopic (exact) mass is 198 g/mol. The molecule has 0 aromatic heterocycles. The van der Waals surface area contributed by atoms with E-state index in [1.165, 1.54) is 0 Å². The summed E-state index contributed by atoms with van der Waals surface area (Å²) in [5, 5.41) is 0. The highest BCUT2D eigenvalue weighted by atomic mass is 31.2. The topological polar surface area (TPSA) is 55.8 Å². The first-order valence-electron chi connectivity index (χ1n) is 3.64. The van der Waals surface area contributed by atoms with Crippen molar-refractivity contribution in [3.8, 4) is 0 Å². The van der Waals surface area contributed by atoms with Crippen molar-refractivity contribution in [3.05, 3.63) is 42.2 Å². The molecule has 1 aliphatic heterocycles. The first kappa shape index (κ1) is 8.35. The lowest BCUT2D eigenvalue weighted by molar-refractivity contribution is 0.283. The van der Waals surface area contributed by atoms with Crippen molar-refractivity contribution in [2.45, 2.75) is 0 Å². The van der Waals surface area contributed by atoms with Crippen LogP contribution in [0.3, 0.4) is 0 Å². The van der Waals surface area contributed by atoms with Gasteiger partial charge < -0.3 is 9.05 Å². The summed E-state index contributed by atoms with van der Waals surface area (Å²) < 4.78 is 20.0. The Bertz CT molecular complexity index is 384. The second kappa shape index (κ2) is 2.91. The van der Waals surface area contributed by atoms with Gasteiger partial charge in [0.25, 0.3) is 0 Å². The van der Waals surface area contributed by atoms with Crippen molar-refractivity contribution in [2.24, 2.45) is 0 Å². The molecule has 4 nitrogen and oxygen atoms in total. The molecular weight excluding hydrogens is 191 g/mol.